The average Bonchev–Trinajstić information content (AvgIpc) is 2.36. The minimum absolute atomic E-state index is 0.190. The Labute approximate surface area is 103 Å². The van der Waals surface area contributed by atoms with E-state index in [0.717, 1.165) is 38.0 Å². The number of hydrogen-bond acceptors (Lipinski definition) is 2. The first-order valence-corrected chi connectivity index (χ1v) is 6.43. The van der Waals surface area contributed by atoms with E-state index in [0.29, 0.717) is 0 Å². The van der Waals surface area contributed by atoms with Crippen LogP contribution in [0.5, 0.6) is 5.75 Å². The molecule has 0 fully saturated rings. The second kappa shape index (κ2) is 5.87. The van der Waals surface area contributed by atoms with Crippen molar-refractivity contribution in [2.45, 2.75) is 38.1 Å². The predicted octanol–water partition coefficient (Wildman–Crippen LogP) is 3.37. The summed E-state index contributed by atoms with van der Waals surface area (Å²) in [7, 11) is 0. The molecule has 17 heavy (non-hydrogen) atoms. The van der Waals surface area contributed by atoms with Crippen LogP contribution in [0.25, 0.3) is 0 Å². The molecule has 2 N–H and O–H groups in total. The van der Waals surface area contributed by atoms with Crippen molar-refractivity contribution in [2.75, 3.05) is 6.61 Å². The summed E-state index contributed by atoms with van der Waals surface area (Å²) in [6, 6.07) is 6.53. The molecule has 0 heterocycles. The van der Waals surface area contributed by atoms with E-state index in [9.17, 15) is 0 Å². The molecule has 0 saturated carbocycles. The summed E-state index contributed by atoms with van der Waals surface area (Å²) in [6.45, 7) is 4.45. The Morgan fingerprint density at radius 3 is 3.18 bits per heavy atom. The third kappa shape index (κ3) is 3.10. The lowest BCUT2D eigenvalue weighted by molar-refractivity contribution is 0.311. The zero-order chi connectivity index (χ0) is 12.1. The molecule has 0 saturated heterocycles. The lowest BCUT2D eigenvalue weighted by atomic mass is 9.88. The van der Waals surface area contributed by atoms with E-state index in [1.807, 2.05) is 6.08 Å². The molecule has 2 heteroatoms. The Kier molecular flexibility index (Phi) is 4.21. The van der Waals surface area contributed by atoms with Gasteiger partial charge in [0.2, 0.25) is 0 Å². The Morgan fingerprint density at radius 2 is 2.35 bits per heavy atom. The summed E-state index contributed by atoms with van der Waals surface area (Å²) >= 11 is 0. The highest BCUT2D eigenvalue weighted by Gasteiger charge is 2.16. The van der Waals surface area contributed by atoms with Crippen LogP contribution < -0.4 is 10.5 Å². The first-order valence-electron chi connectivity index (χ1n) is 6.43. The smallest absolute Gasteiger partial charge is 0.119 e. The fourth-order valence-electron chi connectivity index (χ4n) is 2.32. The van der Waals surface area contributed by atoms with Gasteiger partial charge < -0.3 is 10.5 Å². The maximum Gasteiger partial charge on any atom is 0.119 e. The average molecular weight is 231 g/mol. The normalized spacial score (nSPS) is 18.5. The second-order valence-corrected chi connectivity index (χ2v) is 4.64. The van der Waals surface area contributed by atoms with Crippen LogP contribution in [-0.4, -0.2) is 6.61 Å². The number of rotatable bonds is 5. The molecular weight excluding hydrogens is 210 g/mol. The van der Waals surface area contributed by atoms with E-state index in [1.165, 1.54) is 17.5 Å². The molecule has 1 aliphatic rings. The van der Waals surface area contributed by atoms with Crippen molar-refractivity contribution in [1.29, 1.82) is 0 Å². The highest BCUT2D eigenvalue weighted by Crippen LogP contribution is 2.30. The molecule has 1 aliphatic carbocycles. The van der Waals surface area contributed by atoms with Gasteiger partial charge in [-0.1, -0.05) is 12.1 Å². The molecule has 92 valence electrons. The molecule has 2 rings (SSSR count). The Morgan fingerprint density at radius 1 is 1.47 bits per heavy atom. The first kappa shape index (κ1) is 12.2. The van der Waals surface area contributed by atoms with Gasteiger partial charge in [0.1, 0.15) is 5.75 Å². The van der Waals surface area contributed by atoms with Crippen molar-refractivity contribution in [2.24, 2.45) is 5.73 Å². The molecule has 0 amide bonds. The maximum atomic E-state index is 6.12. The van der Waals surface area contributed by atoms with Crippen molar-refractivity contribution in [3.63, 3.8) is 0 Å². The van der Waals surface area contributed by atoms with Crippen molar-refractivity contribution >= 4 is 0 Å². The van der Waals surface area contributed by atoms with E-state index in [1.54, 1.807) is 0 Å². The van der Waals surface area contributed by atoms with Gasteiger partial charge in [0, 0.05) is 6.04 Å². The lowest BCUT2D eigenvalue weighted by Crippen LogP contribution is -2.17. The summed E-state index contributed by atoms with van der Waals surface area (Å²) in [4.78, 5) is 0. The summed E-state index contributed by atoms with van der Waals surface area (Å²) < 4.78 is 5.72. The predicted molar refractivity (Wildman–Crippen MR) is 71.2 cm³/mol. The second-order valence-electron chi connectivity index (χ2n) is 4.64. The van der Waals surface area contributed by atoms with Crippen molar-refractivity contribution in [1.82, 2.24) is 0 Å². The highest BCUT2D eigenvalue weighted by molar-refractivity contribution is 5.39. The monoisotopic (exact) mass is 231 g/mol. The summed E-state index contributed by atoms with van der Waals surface area (Å²) in [5.41, 5.74) is 8.79. The van der Waals surface area contributed by atoms with Gasteiger partial charge in [0.25, 0.3) is 0 Å². The van der Waals surface area contributed by atoms with E-state index in [-0.39, 0.29) is 6.04 Å². The number of aryl methyl sites for hydroxylation is 1. The van der Waals surface area contributed by atoms with Crippen LogP contribution in [0, 0.1) is 0 Å². The van der Waals surface area contributed by atoms with Crippen molar-refractivity contribution in [3.8, 4) is 5.75 Å². The SMILES string of the molecule is C=CCCCOc1ccc2c(c1)[C@H](N)CCC2. The van der Waals surface area contributed by atoms with E-state index < -0.39 is 0 Å². The zero-order valence-electron chi connectivity index (χ0n) is 10.3. The lowest BCUT2D eigenvalue weighted by Gasteiger charge is -2.22. The van der Waals surface area contributed by atoms with Crippen LogP contribution in [-0.2, 0) is 6.42 Å². The van der Waals surface area contributed by atoms with Crippen LogP contribution in [0.3, 0.4) is 0 Å². The molecule has 0 aliphatic heterocycles. The third-order valence-electron chi connectivity index (χ3n) is 3.30. The van der Waals surface area contributed by atoms with Gasteiger partial charge in [0.05, 0.1) is 6.61 Å². The molecular formula is C15H21NO. The molecule has 1 aromatic carbocycles. The largest absolute Gasteiger partial charge is 0.494 e. The number of benzene rings is 1. The summed E-state index contributed by atoms with van der Waals surface area (Å²) in [5, 5.41) is 0. The number of nitrogens with two attached hydrogens (primary N) is 1. The van der Waals surface area contributed by atoms with Crippen LogP contribution >= 0.6 is 0 Å². The molecule has 1 aromatic rings. The van der Waals surface area contributed by atoms with Crippen LogP contribution in [0.4, 0.5) is 0 Å². The first-order chi connectivity index (χ1) is 8.31. The van der Waals surface area contributed by atoms with Gasteiger partial charge in [-0.05, 0) is 55.4 Å². The molecule has 0 spiro atoms. The highest BCUT2D eigenvalue weighted by atomic mass is 16.5. The molecule has 1 atom stereocenters. The minimum Gasteiger partial charge on any atom is -0.494 e. The fraction of sp³-hybridized carbons (Fsp3) is 0.467. The third-order valence-corrected chi connectivity index (χ3v) is 3.30. The van der Waals surface area contributed by atoms with Crippen molar-refractivity contribution < 1.29 is 4.74 Å². The standard InChI is InChI=1S/C15H21NO/c1-2-3-4-10-17-13-9-8-12-6-5-7-15(16)14(12)11-13/h2,8-9,11,15H,1,3-7,10,16H2/t15-/m1/s1. The maximum absolute atomic E-state index is 6.12. The van der Waals surface area contributed by atoms with Crippen molar-refractivity contribution in [3.05, 3.63) is 42.0 Å². The van der Waals surface area contributed by atoms with Gasteiger partial charge >= 0.3 is 0 Å². The molecule has 0 bridgehead atoms. The number of unbranched alkanes of at least 4 members (excludes halogenated alkanes) is 1. The number of fused-ring (bicyclic) bond motifs is 1. The van der Waals surface area contributed by atoms with Gasteiger partial charge in [-0.3, -0.25) is 0 Å². The zero-order valence-corrected chi connectivity index (χ0v) is 10.3. The van der Waals surface area contributed by atoms with E-state index in [2.05, 4.69) is 24.8 Å². The van der Waals surface area contributed by atoms with Gasteiger partial charge in [-0.25, -0.2) is 0 Å². The van der Waals surface area contributed by atoms with Crippen LogP contribution in [0.15, 0.2) is 30.9 Å². The van der Waals surface area contributed by atoms with Crippen LogP contribution in [0.1, 0.15) is 42.9 Å². The Hall–Kier alpha value is -1.28. The number of allylic oxidation sites excluding steroid dienone is 1. The van der Waals surface area contributed by atoms with Gasteiger partial charge in [-0.15, -0.1) is 6.58 Å². The summed E-state index contributed by atoms with van der Waals surface area (Å²) in [5.74, 6) is 0.949. The van der Waals surface area contributed by atoms with Gasteiger partial charge in [0.15, 0.2) is 0 Å². The molecule has 0 radical (unpaired) electrons. The van der Waals surface area contributed by atoms with E-state index in [4.69, 9.17) is 10.5 Å². The number of ether oxygens (including phenoxy) is 1. The quantitative estimate of drug-likeness (QED) is 0.623. The molecule has 0 aromatic heterocycles. The van der Waals surface area contributed by atoms with Crippen LogP contribution in [0.2, 0.25) is 0 Å². The summed E-state index contributed by atoms with van der Waals surface area (Å²) in [6.07, 6.45) is 7.39. The number of hydrogen-bond donors (Lipinski definition) is 1. The fourth-order valence-corrected chi connectivity index (χ4v) is 2.32. The molecule has 2 nitrogen and oxygen atoms in total. The Balaban J connectivity index is 1.99. The minimum atomic E-state index is 0.190. The Bertz CT molecular complexity index is 387. The van der Waals surface area contributed by atoms with E-state index >= 15 is 0 Å². The molecule has 0 unspecified atom stereocenters. The topological polar surface area (TPSA) is 35.2 Å². The van der Waals surface area contributed by atoms with Gasteiger partial charge in [-0.2, -0.15) is 0 Å².